The molecule has 3 aromatic heterocycles. The number of ether oxygens (including phenoxy) is 3. The summed E-state index contributed by atoms with van der Waals surface area (Å²) in [7, 11) is 3.09. The first-order valence-electron chi connectivity index (χ1n) is 10.2. The van der Waals surface area contributed by atoms with Gasteiger partial charge in [-0.3, -0.25) is 4.90 Å². The quantitative estimate of drug-likeness (QED) is 0.502. The zero-order chi connectivity index (χ0) is 21.5. The molecule has 1 N–H and O–H groups in total. The third kappa shape index (κ3) is 5.27. The van der Waals surface area contributed by atoms with Gasteiger partial charge < -0.3 is 19.5 Å². The molecule has 4 heterocycles. The summed E-state index contributed by atoms with van der Waals surface area (Å²) in [5.74, 6) is 0.967. The van der Waals surface area contributed by atoms with Crippen molar-refractivity contribution < 1.29 is 14.2 Å². The highest BCUT2D eigenvalue weighted by Crippen LogP contribution is 2.36. The molecule has 0 atom stereocenters. The first-order valence-corrected chi connectivity index (χ1v) is 11.1. The predicted octanol–water partition coefficient (Wildman–Crippen LogP) is 2.81. The smallest absolute Gasteiger partial charge is 0.319 e. The van der Waals surface area contributed by atoms with Crippen LogP contribution in [0.4, 0.5) is 5.95 Å². The lowest BCUT2D eigenvalue weighted by Gasteiger charge is -2.26. The van der Waals surface area contributed by atoms with Crippen LogP contribution in [0.1, 0.15) is 6.42 Å². The third-order valence-corrected chi connectivity index (χ3v) is 5.70. The number of nitrogens with one attached hydrogen (secondary N) is 1. The maximum atomic E-state index is 5.50. The van der Waals surface area contributed by atoms with Crippen molar-refractivity contribution in [1.29, 1.82) is 0 Å². The van der Waals surface area contributed by atoms with Crippen LogP contribution in [-0.4, -0.2) is 78.4 Å². The van der Waals surface area contributed by atoms with Crippen molar-refractivity contribution in [3.05, 3.63) is 29.2 Å². The Morgan fingerprint density at radius 3 is 2.68 bits per heavy atom. The Balaban J connectivity index is 1.55. The van der Waals surface area contributed by atoms with Crippen LogP contribution in [0.25, 0.3) is 22.4 Å². The summed E-state index contributed by atoms with van der Waals surface area (Å²) < 4.78 is 16.0. The Bertz CT molecular complexity index is 979. The van der Waals surface area contributed by atoms with Crippen molar-refractivity contribution in [3.63, 3.8) is 0 Å². The van der Waals surface area contributed by atoms with Gasteiger partial charge >= 0.3 is 6.01 Å². The Morgan fingerprint density at radius 2 is 1.94 bits per heavy atom. The number of nitrogens with zero attached hydrogens (tertiary/aromatic N) is 5. The normalized spacial score (nSPS) is 14.4. The molecule has 0 aromatic carbocycles. The van der Waals surface area contributed by atoms with Crippen molar-refractivity contribution in [1.82, 2.24) is 24.8 Å². The second kappa shape index (κ2) is 10.5. The first-order chi connectivity index (χ1) is 15.3. The van der Waals surface area contributed by atoms with E-state index >= 15 is 0 Å². The second-order valence-electron chi connectivity index (χ2n) is 6.98. The second-order valence-corrected chi connectivity index (χ2v) is 7.76. The SMILES string of the molecule is COc1ncc(-c2nc(NCCCN3CCOCC3)ncc2-c2ccsc2)c(OC)n1. The molecule has 31 heavy (non-hydrogen) atoms. The van der Waals surface area contributed by atoms with E-state index in [2.05, 4.69) is 30.5 Å². The number of thiophene rings is 1. The third-order valence-electron chi connectivity index (χ3n) is 5.02. The number of hydrogen-bond acceptors (Lipinski definition) is 10. The molecule has 0 amide bonds. The number of aromatic nitrogens is 4. The minimum absolute atomic E-state index is 0.244. The molecule has 1 aliphatic heterocycles. The van der Waals surface area contributed by atoms with Gasteiger partial charge in [-0.15, -0.1) is 0 Å². The molecule has 10 heteroatoms. The van der Waals surface area contributed by atoms with Gasteiger partial charge in [-0.1, -0.05) is 0 Å². The molecule has 1 aliphatic rings. The number of methoxy groups -OCH3 is 2. The zero-order valence-corrected chi connectivity index (χ0v) is 18.5. The van der Waals surface area contributed by atoms with Gasteiger partial charge in [0.05, 0.1) is 38.7 Å². The van der Waals surface area contributed by atoms with Crippen molar-refractivity contribution >= 4 is 17.3 Å². The highest BCUT2D eigenvalue weighted by molar-refractivity contribution is 7.08. The van der Waals surface area contributed by atoms with E-state index < -0.39 is 0 Å². The summed E-state index contributed by atoms with van der Waals surface area (Å²) in [6, 6.07) is 2.28. The summed E-state index contributed by atoms with van der Waals surface area (Å²) in [4.78, 5) is 20.3. The van der Waals surface area contributed by atoms with Gasteiger partial charge in [-0.2, -0.15) is 16.3 Å². The van der Waals surface area contributed by atoms with Crippen LogP contribution in [0.15, 0.2) is 29.2 Å². The van der Waals surface area contributed by atoms with E-state index in [0.29, 0.717) is 23.1 Å². The van der Waals surface area contributed by atoms with Crippen LogP contribution in [0.3, 0.4) is 0 Å². The van der Waals surface area contributed by atoms with Crippen molar-refractivity contribution in [2.75, 3.05) is 58.9 Å². The summed E-state index contributed by atoms with van der Waals surface area (Å²) in [6.07, 6.45) is 4.50. The standard InChI is InChI=1S/C21H26N6O3S/c1-28-19-17(13-24-21(26-19)29-2)18-16(15-4-11-31-14-15)12-23-20(25-18)22-5-3-6-27-7-9-30-10-8-27/h4,11-14H,3,5-10H2,1-2H3,(H,22,23,25). The van der Waals surface area contributed by atoms with Gasteiger partial charge in [0.25, 0.3) is 0 Å². The van der Waals surface area contributed by atoms with Crippen LogP contribution in [-0.2, 0) is 4.74 Å². The summed E-state index contributed by atoms with van der Waals surface area (Å²) in [6.45, 7) is 5.42. The highest BCUT2D eigenvalue weighted by Gasteiger charge is 2.18. The van der Waals surface area contributed by atoms with Crippen LogP contribution in [0.5, 0.6) is 11.9 Å². The van der Waals surface area contributed by atoms with E-state index in [1.54, 1.807) is 24.6 Å². The Labute approximate surface area is 185 Å². The minimum Gasteiger partial charge on any atom is -0.480 e. The van der Waals surface area contributed by atoms with E-state index in [4.69, 9.17) is 19.2 Å². The van der Waals surface area contributed by atoms with E-state index in [9.17, 15) is 0 Å². The van der Waals surface area contributed by atoms with E-state index in [0.717, 1.165) is 56.9 Å². The molecule has 0 unspecified atom stereocenters. The van der Waals surface area contributed by atoms with Crippen LogP contribution < -0.4 is 14.8 Å². The predicted molar refractivity (Wildman–Crippen MR) is 120 cm³/mol. The van der Waals surface area contributed by atoms with E-state index in [1.165, 1.54) is 7.11 Å². The molecule has 1 saturated heterocycles. The molecule has 0 spiro atoms. The van der Waals surface area contributed by atoms with Crippen molar-refractivity contribution in [2.45, 2.75) is 6.42 Å². The maximum absolute atomic E-state index is 5.50. The molecule has 0 radical (unpaired) electrons. The topological polar surface area (TPSA) is 94.5 Å². The summed E-state index contributed by atoms with van der Waals surface area (Å²) in [5, 5.41) is 7.43. The number of morpholine rings is 1. The lowest BCUT2D eigenvalue weighted by molar-refractivity contribution is 0.0378. The van der Waals surface area contributed by atoms with Gasteiger partial charge in [-0.25, -0.2) is 15.0 Å². The molecular formula is C21H26N6O3S. The molecule has 164 valence electrons. The molecule has 1 fully saturated rings. The average molecular weight is 443 g/mol. The molecule has 0 bridgehead atoms. The Morgan fingerprint density at radius 1 is 1.10 bits per heavy atom. The Kier molecular flexibility index (Phi) is 7.23. The maximum Gasteiger partial charge on any atom is 0.319 e. The van der Waals surface area contributed by atoms with Gasteiger partial charge in [0.1, 0.15) is 0 Å². The molecule has 4 rings (SSSR count). The molecule has 9 nitrogen and oxygen atoms in total. The number of anilines is 1. The molecule has 0 saturated carbocycles. The zero-order valence-electron chi connectivity index (χ0n) is 17.7. The number of rotatable bonds is 9. The van der Waals surface area contributed by atoms with Gasteiger partial charge in [-0.05, 0) is 35.4 Å². The van der Waals surface area contributed by atoms with Gasteiger partial charge in [0.15, 0.2) is 0 Å². The summed E-state index contributed by atoms with van der Waals surface area (Å²) >= 11 is 1.62. The van der Waals surface area contributed by atoms with Gasteiger partial charge in [0.2, 0.25) is 11.8 Å². The monoisotopic (exact) mass is 442 g/mol. The molecule has 3 aromatic rings. The van der Waals surface area contributed by atoms with E-state index in [1.807, 2.05) is 17.6 Å². The Hall–Kier alpha value is -2.82. The molecular weight excluding hydrogens is 416 g/mol. The molecule has 0 aliphatic carbocycles. The van der Waals surface area contributed by atoms with Crippen LogP contribution in [0, 0.1) is 0 Å². The fraction of sp³-hybridized carbons (Fsp3) is 0.429. The fourth-order valence-corrected chi connectivity index (χ4v) is 4.05. The minimum atomic E-state index is 0.244. The largest absolute Gasteiger partial charge is 0.480 e. The van der Waals surface area contributed by atoms with Crippen molar-refractivity contribution in [3.8, 4) is 34.3 Å². The van der Waals surface area contributed by atoms with E-state index in [-0.39, 0.29) is 6.01 Å². The lowest BCUT2D eigenvalue weighted by atomic mass is 10.1. The first kappa shape index (κ1) is 21.4. The summed E-state index contributed by atoms with van der Waals surface area (Å²) in [5.41, 5.74) is 3.33. The lowest BCUT2D eigenvalue weighted by Crippen LogP contribution is -2.37. The average Bonchev–Trinajstić information content (AvgIpc) is 3.37. The fourth-order valence-electron chi connectivity index (χ4n) is 3.40. The number of hydrogen-bond donors (Lipinski definition) is 1. The van der Waals surface area contributed by atoms with Crippen LogP contribution >= 0.6 is 11.3 Å². The highest BCUT2D eigenvalue weighted by atomic mass is 32.1. The van der Waals surface area contributed by atoms with Gasteiger partial charge in [0, 0.05) is 37.6 Å². The van der Waals surface area contributed by atoms with Crippen molar-refractivity contribution in [2.24, 2.45) is 0 Å². The van der Waals surface area contributed by atoms with Crippen LogP contribution in [0.2, 0.25) is 0 Å².